The maximum absolute atomic E-state index is 12.7. The van der Waals surface area contributed by atoms with Crippen molar-refractivity contribution in [2.75, 3.05) is 31.6 Å². The second kappa shape index (κ2) is 5.84. The Morgan fingerprint density at radius 2 is 2.29 bits per heavy atom. The van der Waals surface area contributed by atoms with E-state index in [1.807, 2.05) is 0 Å². The summed E-state index contributed by atoms with van der Waals surface area (Å²) in [6.07, 6.45) is -3.15. The predicted octanol–water partition coefficient (Wildman–Crippen LogP) is 2.05. The third kappa shape index (κ3) is 3.41. The number of hydrogen-bond acceptors (Lipinski definition) is 5. The van der Waals surface area contributed by atoms with Crippen LogP contribution in [0.2, 0.25) is 0 Å². The van der Waals surface area contributed by atoms with Gasteiger partial charge >= 0.3 is 11.9 Å². The molecule has 1 aromatic rings. The number of hydrogen-bond donors (Lipinski definition) is 1. The number of anilines is 1. The van der Waals surface area contributed by atoms with E-state index in [2.05, 4.69) is 10.3 Å². The molecule has 1 aliphatic heterocycles. The lowest BCUT2D eigenvalue weighted by Gasteiger charge is -2.19. The van der Waals surface area contributed by atoms with Gasteiger partial charge in [0.2, 0.25) is 0 Å². The minimum atomic E-state index is -4.62. The van der Waals surface area contributed by atoms with Gasteiger partial charge in [-0.1, -0.05) is 0 Å². The van der Waals surface area contributed by atoms with E-state index in [-0.39, 0.29) is 11.6 Å². The highest BCUT2D eigenvalue weighted by molar-refractivity contribution is 5.63. The van der Waals surface area contributed by atoms with E-state index in [0.29, 0.717) is 19.3 Å². The second-order valence-corrected chi connectivity index (χ2v) is 4.97. The molecule has 0 aromatic carbocycles. The second-order valence-electron chi connectivity index (χ2n) is 4.97. The zero-order valence-electron chi connectivity index (χ0n) is 11.4. The number of nitro groups is 1. The molecule has 6 nitrogen and oxygen atoms in total. The summed E-state index contributed by atoms with van der Waals surface area (Å²) in [7, 11) is 1.79. The maximum Gasteiger partial charge on any atom is 0.433 e. The third-order valence-corrected chi connectivity index (χ3v) is 3.47. The van der Waals surface area contributed by atoms with Gasteiger partial charge < -0.3 is 10.2 Å². The maximum atomic E-state index is 12.7. The molecule has 0 radical (unpaired) electrons. The number of pyridine rings is 1. The molecule has 2 heterocycles. The molecular formula is C12H15F3N4O2. The summed E-state index contributed by atoms with van der Waals surface area (Å²) < 4.78 is 38.2. The van der Waals surface area contributed by atoms with Crippen molar-refractivity contribution in [2.45, 2.75) is 12.6 Å². The van der Waals surface area contributed by atoms with Crippen LogP contribution in [0.15, 0.2) is 12.3 Å². The summed E-state index contributed by atoms with van der Waals surface area (Å²) in [5.41, 5.74) is -1.52. The van der Waals surface area contributed by atoms with Gasteiger partial charge in [0.25, 0.3) is 0 Å². The van der Waals surface area contributed by atoms with Gasteiger partial charge in [0.15, 0.2) is 0 Å². The van der Waals surface area contributed by atoms with Crippen LogP contribution in [-0.4, -0.2) is 36.6 Å². The number of aromatic nitrogens is 1. The smallest absolute Gasteiger partial charge is 0.366 e. The molecule has 1 N–H and O–H groups in total. The number of nitrogens with zero attached hydrogens (tertiary/aromatic N) is 3. The molecule has 1 atom stereocenters. The van der Waals surface area contributed by atoms with Crippen molar-refractivity contribution < 1.29 is 18.1 Å². The van der Waals surface area contributed by atoms with Gasteiger partial charge in [-0.15, -0.1) is 0 Å². The standard InChI is InChI=1S/C12H15F3N4O2/c1-16-5-8-2-3-18(7-8)9-4-11(12(13,14)15)17-6-10(9)19(20)21/h4,6,8,16H,2-3,5,7H2,1H3. The molecule has 116 valence electrons. The lowest BCUT2D eigenvalue weighted by molar-refractivity contribution is -0.384. The molecular weight excluding hydrogens is 289 g/mol. The largest absolute Gasteiger partial charge is 0.433 e. The van der Waals surface area contributed by atoms with Crippen LogP contribution in [0.25, 0.3) is 0 Å². The molecule has 0 spiro atoms. The van der Waals surface area contributed by atoms with Crippen LogP contribution in [0.3, 0.4) is 0 Å². The van der Waals surface area contributed by atoms with Crippen molar-refractivity contribution in [3.05, 3.63) is 28.1 Å². The molecule has 9 heteroatoms. The molecule has 1 saturated heterocycles. The average molecular weight is 304 g/mol. The Morgan fingerprint density at radius 3 is 2.86 bits per heavy atom. The number of halogens is 3. The van der Waals surface area contributed by atoms with Gasteiger partial charge in [0.05, 0.1) is 4.92 Å². The Labute approximate surface area is 119 Å². The summed E-state index contributed by atoms with van der Waals surface area (Å²) in [4.78, 5) is 15.1. The van der Waals surface area contributed by atoms with E-state index >= 15 is 0 Å². The first kappa shape index (κ1) is 15.5. The van der Waals surface area contributed by atoms with Crippen molar-refractivity contribution in [1.82, 2.24) is 10.3 Å². The van der Waals surface area contributed by atoms with Crippen LogP contribution in [0.4, 0.5) is 24.5 Å². The fraction of sp³-hybridized carbons (Fsp3) is 0.583. The zero-order chi connectivity index (χ0) is 15.6. The fourth-order valence-electron chi connectivity index (χ4n) is 2.49. The van der Waals surface area contributed by atoms with Gasteiger partial charge in [-0.3, -0.25) is 10.1 Å². The van der Waals surface area contributed by atoms with E-state index in [0.717, 1.165) is 19.0 Å². The van der Waals surface area contributed by atoms with Crippen LogP contribution < -0.4 is 10.2 Å². The normalized spacial score (nSPS) is 19.0. The SMILES string of the molecule is CNCC1CCN(c2cc(C(F)(F)F)ncc2[N+](=O)[O-])C1. The summed E-state index contributed by atoms with van der Waals surface area (Å²) in [5.74, 6) is 0.261. The minimum Gasteiger partial charge on any atom is -0.366 e. The molecule has 1 fully saturated rings. The quantitative estimate of drug-likeness (QED) is 0.681. The molecule has 0 bridgehead atoms. The van der Waals surface area contributed by atoms with E-state index in [9.17, 15) is 23.3 Å². The molecule has 1 aliphatic rings. The third-order valence-electron chi connectivity index (χ3n) is 3.47. The van der Waals surface area contributed by atoms with Crippen molar-refractivity contribution in [2.24, 2.45) is 5.92 Å². The van der Waals surface area contributed by atoms with Crippen molar-refractivity contribution >= 4 is 11.4 Å². The van der Waals surface area contributed by atoms with Crippen molar-refractivity contribution in [3.8, 4) is 0 Å². The Bertz CT molecular complexity index is 536. The molecule has 0 saturated carbocycles. The van der Waals surface area contributed by atoms with Crippen LogP contribution >= 0.6 is 0 Å². The van der Waals surface area contributed by atoms with E-state index in [4.69, 9.17) is 0 Å². The molecule has 21 heavy (non-hydrogen) atoms. The van der Waals surface area contributed by atoms with Crippen LogP contribution in [0.1, 0.15) is 12.1 Å². The van der Waals surface area contributed by atoms with E-state index < -0.39 is 22.5 Å². The average Bonchev–Trinajstić information content (AvgIpc) is 2.86. The molecule has 0 amide bonds. The summed E-state index contributed by atoms with van der Waals surface area (Å²) in [6, 6.07) is 0.764. The van der Waals surface area contributed by atoms with Crippen LogP contribution in [0, 0.1) is 16.0 Å². The van der Waals surface area contributed by atoms with Gasteiger partial charge in [0.1, 0.15) is 17.6 Å². The molecule has 0 aliphatic carbocycles. The first-order valence-corrected chi connectivity index (χ1v) is 6.44. The van der Waals surface area contributed by atoms with E-state index in [1.165, 1.54) is 0 Å². The van der Waals surface area contributed by atoms with E-state index in [1.54, 1.807) is 11.9 Å². The number of nitrogens with one attached hydrogen (secondary N) is 1. The predicted molar refractivity (Wildman–Crippen MR) is 70.1 cm³/mol. The monoisotopic (exact) mass is 304 g/mol. The van der Waals surface area contributed by atoms with Crippen LogP contribution in [-0.2, 0) is 6.18 Å². The molecule has 1 unspecified atom stereocenters. The lowest BCUT2D eigenvalue weighted by atomic mass is 10.1. The summed E-state index contributed by atoms with van der Waals surface area (Å²) in [6.45, 7) is 1.71. The minimum absolute atomic E-state index is 0.0130. The first-order valence-electron chi connectivity index (χ1n) is 6.44. The van der Waals surface area contributed by atoms with Gasteiger partial charge in [-0.25, -0.2) is 4.98 Å². The number of rotatable bonds is 4. The van der Waals surface area contributed by atoms with Crippen molar-refractivity contribution in [1.29, 1.82) is 0 Å². The Kier molecular flexibility index (Phi) is 4.31. The Morgan fingerprint density at radius 1 is 1.57 bits per heavy atom. The zero-order valence-corrected chi connectivity index (χ0v) is 11.4. The highest BCUT2D eigenvalue weighted by atomic mass is 19.4. The van der Waals surface area contributed by atoms with Crippen LogP contribution in [0.5, 0.6) is 0 Å². The van der Waals surface area contributed by atoms with Crippen molar-refractivity contribution in [3.63, 3.8) is 0 Å². The van der Waals surface area contributed by atoms with Gasteiger partial charge in [-0.05, 0) is 32.0 Å². The summed E-state index contributed by atoms with van der Waals surface area (Å²) >= 11 is 0. The Balaban J connectivity index is 2.34. The number of alkyl halides is 3. The first-order chi connectivity index (χ1) is 9.82. The molecule has 1 aromatic heterocycles. The topological polar surface area (TPSA) is 71.3 Å². The summed E-state index contributed by atoms with van der Waals surface area (Å²) in [5, 5.41) is 14.0. The fourth-order valence-corrected chi connectivity index (χ4v) is 2.49. The van der Waals surface area contributed by atoms with Gasteiger partial charge in [0, 0.05) is 13.1 Å². The highest BCUT2D eigenvalue weighted by Crippen LogP contribution is 2.36. The lowest BCUT2D eigenvalue weighted by Crippen LogP contribution is -2.25. The highest BCUT2D eigenvalue weighted by Gasteiger charge is 2.36. The Hall–Kier alpha value is -1.90. The van der Waals surface area contributed by atoms with Gasteiger partial charge in [-0.2, -0.15) is 13.2 Å². The molecule has 2 rings (SSSR count).